The molecule has 0 unspecified atom stereocenters. The molecular weight excluding hydrogens is 375 g/mol. The number of pyridine rings is 1. The van der Waals surface area contributed by atoms with Gasteiger partial charge in [-0.15, -0.1) is 0 Å². The first-order valence-electron chi connectivity index (χ1n) is 6.90. The van der Waals surface area contributed by atoms with Crippen LogP contribution in [0.1, 0.15) is 28.9 Å². The van der Waals surface area contributed by atoms with Crippen molar-refractivity contribution in [3.8, 4) is 0 Å². The fraction of sp³-hybridized carbons (Fsp3) is 0.188. The highest BCUT2D eigenvalue weighted by molar-refractivity contribution is 6.42. The van der Waals surface area contributed by atoms with Crippen LogP contribution in [0.25, 0.3) is 0 Å². The number of aromatic nitrogens is 1. The van der Waals surface area contributed by atoms with Crippen molar-refractivity contribution < 1.29 is 14.3 Å². The summed E-state index contributed by atoms with van der Waals surface area (Å²) in [6, 6.07) is 7.75. The number of rotatable bonds is 5. The molecule has 0 aliphatic carbocycles. The topological polar surface area (TPSA) is 68.3 Å². The number of nitrogens with zero attached hydrogens (tertiary/aromatic N) is 1. The minimum absolute atomic E-state index is 0.0204. The van der Waals surface area contributed by atoms with Crippen LogP contribution in [-0.4, -0.2) is 23.5 Å². The number of carbonyl (C=O) groups is 2. The second-order valence-electron chi connectivity index (χ2n) is 4.88. The summed E-state index contributed by atoms with van der Waals surface area (Å²) in [5, 5.41) is 3.55. The fourth-order valence-corrected chi connectivity index (χ4v) is 2.40. The van der Waals surface area contributed by atoms with E-state index < -0.39 is 18.5 Å². The maximum atomic E-state index is 11.9. The smallest absolute Gasteiger partial charge is 0.341 e. The molecule has 0 spiro atoms. The summed E-state index contributed by atoms with van der Waals surface area (Å²) >= 11 is 17.6. The Kier molecular flexibility index (Phi) is 6.43. The minimum Gasteiger partial charge on any atom is -0.452 e. The third kappa shape index (κ3) is 4.84. The van der Waals surface area contributed by atoms with Crippen molar-refractivity contribution in [2.24, 2.45) is 0 Å². The number of benzene rings is 1. The van der Waals surface area contributed by atoms with E-state index in [9.17, 15) is 9.59 Å². The van der Waals surface area contributed by atoms with E-state index in [1.54, 1.807) is 31.2 Å². The molecule has 1 heterocycles. The normalized spacial score (nSPS) is 11.7. The van der Waals surface area contributed by atoms with Crippen LogP contribution in [0.5, 0.6) is 0 Å². The van der Waals surface area contributed by atoms with E-state index in [-0.39, 0.29) is 16.8 Å². The molecule has 1 aromatic carbocycles. The van der Waals surface area contributed by atoms with Crippen molar-refractivity contribution in [1.29, 1.82) is 0 Å². The molecule has 0 fully saturated rings. The van der Waals surface area contributed by atoms with Gasteiger partial charge >= 0.3 is 5.97 Å². The molecular formula is C16H13Cl3N2O3. The van der Waals surface area contributed by atoms with Crippen molar-refractivity contribution in [3.05, 3.63) is 62.9 Å². The van der Waals surface area contributed by atoms with E-state index >= 15 is 0 Å². The minimum atomic E-state index is -0.717. The van der Waals surface area contributed by atoms with E-state index in [1.165, 1.54) is 12.3 Å². The van der Waals surface area contributed by atoms with Crippen molar-refractivity contribution in [2.75, 3.05) is 6.61 Å². The Balaban J connectivity index is 1.90. The molecule has 2 aromatic rings. The summed E-state index contributed by atoms with van der Waals surface area (Å²) in [5.41, 5.74) is 0.879. The number of carbonyl (C=O) groups excluding carboxylic acids is 2. The molecule has 126 valence electrons. The summed E-state index contributed by atoms with van der Waals surface area (Å²) in [5.74, 6) is -1.17. The first kappa shape index (κ1) is 18.5. The molecule has 1 N–H and O–H groups in total. The quantitative estimate of drug-likeness (QED) is 0.620. The number of halogens is 3. The Hall–Kier alpha value is -1.82. The Morgan fingerprint density at radius 2 is 1.96 bits per heavy atom. The van der Waals surface area contributed by atoms with Gasteiger partial charge in [0.2, 0.25) is 0 Å². The molecule has 8 heteroatoms. The van der Waals surface area contributed by atoms with Crippen LogP contribution < -0.4 is 5.32 Å². The van der Waals surface area contributed by atoms with Crippen LogP contribution in [0.15, 0.2) is 36.5 Å². The number of amides is 1. The third-order valence-electron chi connectivity index (χ3n) is 3.13. The second kappa shape index (κ2) is 8.33. The molecule has 1 amide bonds. The molecule has 5 nitrogen and oxygen atoms in total. The standard InChI is InChI=1S/C16H13Cl3N2O3/c1-9(10-4-5-12(17)13(18)7-10)21-14(22)8-24-16(23)11-3-2-6-20-15(11)19/h2-7,9H,8H2,1H3,(H,21,22)/t9-/m1/s1. The van der Waals surface area contributed by atoms with Crippen molar-refractivity contribution >= 4 is 46.7 Å². The SMILES string of the molecule is C[C@@H](NC(=O)COC(=O)c1cccnc1Cl)c1ccc(Cl)c(Cl)c1. The summed E-state index contributed by atoms with van der Waals surface area (Å²) in [6.45, 7) is 1.34. The van der Waals surface area contributed by atoms with Gasteiger partial charge in [-0.05, 0) is 36.8 Å². The lowest BCUT2D eigenvalue weighted by Crippen LogP contribution is -2.31. The highest BCUT2D eigenvalue weighted by Crippen LogP contribution is 2.25. The summed E-state index contributed by atoms with van der Waals surface area (Å²) in [4.78, 5) is 27.5. The maximum absolute atomic E-state index is 11.9. The van der Waals surface area contributed by atoms with Gasteiger partial charge in [0.05, 0.1) is 21.7 Å². The van der Waals surface area contributed by atoms with Crippen molar-refractivity contribution in [3.63, 3.8) is 0 Å². The Morgan fingerprint density at radius 1 is 1.21 bits per heavy atom. The van der Waals surface area contributed by atoms with E-state index in [0.717, 1.165) is 5.56 Å². The summed E-state index contributed by atoms with van der Waals surface area (Å²) < 4.78 is 4.93. The van der Waals surface area contributed by atoms with Gasteiger partial charge in [-0.3, -0.25) is 4.79 Å². The number of ether oxygens (including phenoxy) is 1. The third-order valence-corrected chi connectivity index (χ3v) is 4.17. The molecule has 0 radical (unpaired) electrons. The van der Waals surface area contributed by atoms with Crippen LogP contribution in [0.3, 0.4) is 0 Å². The predicted octanol–water partition coefficient (Wildman–Crippen LogP) is 4.08. The molecule has 0 saturated heterocycles. The molecule has 0 bridgehead atoms. The zero-order valence-corrected chi connectivity index (χ0v) is 14.8. The lowest BCUT2D eigenvalue weighted by Gasteiger charge is -2.15. The van der Waals surface area contributed by atoms with Gasteiger partial charge in [0.15, 0.2) is 6.61 Å². The van der Waals surface area contributed by atoms with E-state index in [4.69, 9.17) is 39.5 Å². The lowest BCUT2D eigenvalue weighted by molar-refractivity contribution is -0.124. The Labute approximate surface area is 153 Å². The first-order valence-corrected chi connectivity index (χ1v) is 8.04. The lowest BCUT2D eigenvalue weighted by atomic mass is 10.1. The fourth-order valence-electron chi connectivity index (χ4n) is 1.90. The van der Waals surface area contributed by atoms with Gasteiger partial charge in [-0.1, -0.05) is 40.9 Å². The van der Waals surface area contributed by atoms with Gasteiger partial charge in [-0.2, -0.15) is 0 Å². The molecule has 0 saturated carbocycles. The summed E-state index contributed by atoms with van der Waals surface area (Å²) in [6.07, 6.45) is 1.45. The molecule has 0 aliphatic rings. The van der Waals surface area contributed by atoms with Gasteiger partial charge in [-0.25, -0.2) is 9.78 Å². The van der Waals surface area contributed by atoms with Gasteiger partial charge in [0, 0.05) is 6.20 Å². The van der Waals surface area contributed by atoms with Crippen LogP contribution >= 0.6 is 34.8 Å². The van der Waals surface area contributed by atoms with Gasteiger partial charge < -0.3 is 10.1 Å². The monoisotopic (exact) mass is 386 g/mol. The van der Waals surface area contributed by atoms with Gasteiger partial charge in [0.25, 0.3) is 5.91 Å². The molecule has 0 aliphatic heterocycles. The van der Waals surface area contributed by atoms with Crippen LogP contribution in [-0.2, 0) is 9.53 Å². The van der Waals surface area contributed by atoms with Crippen molar-refractivity contribution in [2.45, 2.75) is 13.0 Å². The predicted molar refractivity (Wildman–Crippen MR) is 92.5 cm³/mol. The average molecular weight is 388 g/mol. The maximum Gasteiger partial charge on any atom is 0.341 e. The Morgan fingerprint density at radius 3 is 2.62 bits per heavy atom. The molecule has 1 atom stereocenters. The second-order valence-corrected chi connectivity index (χ2v) is 6.05. The number of hydrogen-bond acceptors (Lipinski definition) is 4. The molecule has 24 heavy (non-hydrogen) atoms. The number of nitrogens with one attached hydrogen (secondary N) is 1. The van der Waals surface area contributed by atoms with E-state index in [1.807, 2.05) is 0 Å². The Bertz CT molecular complexity index is 768. The summed E-state index contributed by atoms with van der Waals surface area (Å²) in [7, 11) is 0. The van der Waals surface area contributed by atoms with Gasteiger partial charge in [0.1, 0.15) is 5.15 Å². The first-order chi connectivity index (χ1) is 11.4. The highest BCUT2D eigenvalue weighted by atomic mass is 35.5. The van der Waals surface area contributed by atoms with E-state index in [0.29, 0.717) is 10.0 Å². The number of esters is 1. The average Bonchev–Trinajstić information content (AvgIpc) is 2.55. The molecule has 1 aromatic heterocycles. The largest absolute Gasteiger partial charge is 0.452 e. The van der Waals surface area contributed by atoms with Crippen molar-refractivity contribution in [1.82, 2.24) is 10.3 Å². The highest BCUT2D eigenvalue weighted by Gasteiger charge is 2.16. The van der Waals surface area contributed by atoms with Crippen LogP contribution in [0.4, 0.5) is 0 Å². The molecule has 2 rings (SSSR count). The van der Waals surface area contributed by atoms with E-state index in [2.05, 4.69) is 10.3 Å². The van der Waals surface area contributed by atoms with Crippen LogP contribution in [0, 0.1) is 0 Å². The zero-order valence-electron chi connectivity index (χ0n) is 12.6. The zero-order chi connectivity index (χ0) is 17.7. The van der Waals surface area contributed by atoms with Crippen LogP contribution in [0.2, 0.25) is 15.2 Å². The number of hydrogen-bond donors (Lipinski definition) is 1.